The lowest BCUT2D eigenvalue weighted by Crippen LogP contribution is -2.37. The van der Waals surface area contributed by atoms with Crippen LogP contribution in [0.15, 0.2) is 24.3 Å². The molecule has 2 N–H and O–H groups in total. The second kappa shape index (κ2) is 2.60. The summed E-state index contributed by atoms with van der Waals surface area (Å²) in [6.45, 7) is 0.905. The third-order valence-corrected chi connectivity index (χ3v) is 2.80. The summed E-state index contributed by atoms with van der Waals surface area (Å²) in [4.78, 5) is 0. The highest BCUT2D eigenvalue weighted by molar-refractivity contribution is 5.56. The highest BCUT2D eigenvalue weighted by Gasteiger charge is 2.21. The van der Waals surface area contributed by atoms with Gasteiger partial charge in [0.25, 0.3) is 0 Å². The van der Waals surface area contributed by atoms with Crippen molar-refractivity contribution in [2.75, 3.05) is 6.67 Å². The van der Waals surface area contributed by atoms with Gasteiger partial charge in [-0.2, -0.15) is 0 Å². The first-order chi connectivity index (χ1) is 6.45. The fourth-order valence-electron chi connectivity index (χ4n) is 2.14. The van der Waals surface area contributed by atoms with Gasteiger partial charge in [-0.1, -0.05) is 30.3 Å². The molecule has 0 spiro atoms. The average molecular weight is 172 g/mol. The Bertz CT molecular complexity index is 447. The lowest BCUT2D eigenvalue weighted by molar-refractivity contribution is 0.690. The van der Waals surface area contributed by atoms with E-state index in [0.29, 0.717) is 6.04 Å². The van der Waals surface area contributed by atoms with Crippen molar-refractivity contribution in [3.8, 4) is 0 Å². The van der Waals surface area contributed by atoms with E-state index in [9.17, 15) is 0 Å². The molecule has 1 aliphatic carbocycles. The van der Waals surface area contributed by atoms with Gasteiger partial charge in [0, 0.05) is 10.9 Å². The van der Waals surface area contributed by atoms with Gasteiger partial charge in [0.15, 0.2) is 0 Å². The molecule has 1 atom stereocenters. The lowest BCUT2D eigenvalue weighted by Gasteiger charge is -2.13. The number of fused-ring (bicyclic) bond motifs is 2. The fraction of sp³-hybridized carbons (Fsp3) is 0.273. The van der Waals surface area contributed by atoms with Crippen LogP contribution in [0.5, 0.6) is 0 Å². The Morgan fingerprint density at radius 3 is 3.15 bits per heavy atom. The number of rotatable bonds is 0. The predicted octanol–water partition coefficient (Wildman–Crippen LogP) is -0.502. The first kappa shape index (κ1) is 7.15. The van der Waals surface area contributed by atoms with Gasteiger partial charge < -0.3 is 5.32 Å². The van der Waals surface area contributed by atoms with E-state index in [4.69, 9.17) is 0 Å². The van der Waals surface area contributed by atoms with E-state index in [-0.39, 0.29) is 0 Å². The molecule has 1 aromatic rings. The second-order valence-corrected chi connectivity index (χ2v) is 3.55. The molecule has 13 heavy (non-hydrogen) atoms. The van der Waals surface area contributed by atoms with Gasteiger partial charge in [-0.25, -0.2) is 0 Å². The molecule has 1 aromatic carbocycles. The molecule has 0 amide bonds. The Balaban J connectivity index is 2.38. The van der Waals surface area contributed by atoms with Crippen molar-refractivity contribution in [3.63, 3.8) is 0 Å². The quantitative estimate of drug-likeness (QED) is 0.551. The third kappa shape index (κ3) is 0.988. The van der Waals surface area contributed by atoms with Crippen molar-refractivity contribution in [1.29, 1.82) is 0 Å². The van der Waals surface area contributed by atoms with Gasteiger partial charge in [-0.3, -0.25) is 5.32 Å². The van der Waals surface area contributed by atoms with E-state index < -0.39 is 0 Å². The molecule has 1 fully saturated rings. The maximum absolute atomic E-state index is 3.42. The molecule has 2 aliphatic rings. The second-order valence-electron chi connectivity index (χ2n) is 3.55. The Labute approximate surface area is 77.0 Å². The molecule has 0 bridgehead atoms. The highest BCUT2D eigenvalue weighted by Crippen LogP contribution is 2.09. The maximum Gasteiger partial charge on any atom is 0.0656 e. The molecule has 1 heterocycles. The van der Waals surface area contributed by atoms with Crippen LogP contribution in [0, 0.1) is 0 Å². The minimum absolute atomic E-state index is 0.523. The minimum Gasteiger partial charge on any atom is -0.374 e. The average Bonchev–Trinajstić information content (AvgIpc) is 2.65. The third-order valence-electron chi connectivity index (χ3n) is 2.80. The van der Waals surface area contributed by atoms with Crippen LogP contribution in [0.1, 0.15) is 6.42 Å². The van der Waals surface area contributed by atoms with Crippen LogP contribution in [0.25, 0.3) is 11.8 Å². The van der Waals surface area contributed by atoms with Gasteiger partial charge in [0.05, 0.1) is 12.7 Å². The van der Waals surface area contributed by atoms with Gasteiger partial charge >= 0.3 is 0 Å². The summed E-state index contributed by atoms with van der Waals surface area (Å²) in [6.07, 6.45) is 3.42. The van der Waals surface area contributed by atoms with Gasteiger partial charge in [-0.05, 0) is 11.6 Å². The normalized spacial score (nSPS) is 24.3. The number of benzene rings is 1. The molecule has 2 heteroatoms. The summed E-state index contributed by atoms with van der Waals surface area (Å²) in [5.74, 6) is 0. The Hall–Kier alpha value is -1.28. The van der Waals surface area contributed by atoms with Crippen molar-refractivity contribution in [2.45, 2.75) is 12.5 Å². The van der Waals surface area contributed by atoms with E-state index in [1.165, 1.54) is 16.1 Å². The topological polar surface area (TPSA) is 24.1 Å². The molecule has 0 radical (unpaired) electrons. The maximum atomic E-state index is 3.42. The first-order valence-electron chi connectivity index (χ1n) is 4.72. The molecule has 1 unspecified atom stereocenters. The summed E-state index contributed by atoms with van der Waals surface area (Å²) in [5, 5.41) is 9.55. The van der Waals surface area contributed by atoms with E-state index in [1.807, 2.05) is 0 Å². The highest BCUT2D eigenvalue weighted by atomic mass is 15.2. The smallest absolute Gasteiger partial charge is 0.0656 e. The van der Waals surface area contributed by atoms with Crippen molar-refractivity contribution in [1.82, 2.24) is 10.6 Å². The van der Waals surface area contributed by atoms with Gasteiger partial charge in [-0.15, -0.1) is 0 Å². The van der Waals surface area contributed by atoms with Crippen LogP contribution in [-0.2, 0) is 0 Å². The standard InChI is InChI=1S/C11H12N2/c1-2-4-9-8(3-1)5-6-10-11(9)13-7-12-10/h1-5,10,12-13H,6-7H2. The van der Waals surface area contributed by atoms with Crippen LogP contribution >= 0.6 is 0 Å². The fourth-order valence-corrected chi connectivity index (χ4v) is 2.14. The lowest BCUT2D eigenvalue weighted by atomic mass is 10.0. The zero-order chi connectivity index (χ0) is 8.67. The molecule has 0 aromatic heterocycles. The van der Waals surface area contributed by atoms with Crippen LogP contribution in [0.2, 0.25) is 0 Å². The van der Waals surface area contributed by atoms with E-state index in [0.717, 1.165) is 13.1 Å². The van der Waals surface area contributed by atoms with Gasteiger partial charge in [0.1, 0.15) is 0 Å². The van der Waals surface area contributed by atoms with E-state index >= 15 is 0 Å². The van der Waals surface area contributed by atoms with Crippen LogP contribution < -0.4 is 21.1 Å². The summed E-state index contributed by atoms with van der Waals surface area (Å²) < 4.78 is 0. The SMILES string of the molecule is C1=c2ccccc2=C2NCNC2C1. The monoisotopic (exact) mass is 172 g/mol. The zero-order valence-electron chi connectivity index (χ0n) is 7.38. The summed E-state index contributed by atoms with van der Waals surface area (Å²) in [7, 11) is 0. The first-order valence-corrected chi connectivity index (χ1v) is 4.72. The van der Waals surface area contributed by atoms with Crippen LogP contribution in [0.4, 0.5) is 0 Å². The number of hydrogen-bond donors (Lipinski definition) is 2. The largest absolute Gasteiger partial charge is 0.374 e. The summed E-state index contributed by atoms with van der Waals surface area (Å²) in [5.41, 5.74) is 1.37. The molecule has 2 nitrogen and oxygen atoms in total. The Morgan fingerprint density at radius 2 is 2.15 bits per heavy atom. The summed E-state index contributed by atoms with van der Waals surface area (Å²) in [6, 6.07) is 9.09. The number of hydrogen-bond acceptors (Lipinski definition) is 2. The van der Waals surface area contributed by atoms with Crippen LogP contribution in [0.3, 0.4) is 0 Å². The molecular formula is C11H12N2. The zero-order valence-corrected chi connectivity index (χ0v) is 7.38. The Morgan fingerprint density at radius 1 is 1.23 bits per heavy atom. The van der Waals surface area contributed by atoms with Crippen LogP contribution in [-0.4, -0.2) is 12.7 Å². The number of nitrogens with one attached hydrogen (secondary N) is 2. The van der Waals surface area contributed by atoms with Gasteiger partial charge in [0.2, 0.25) is 0 Å². The van der Waals surface area contributed by atoms with Crippen molar-refractivity contribution >= 4 is 11.8 Å². The van der Waals surface area contributed by atoms with E-state index in [2.05, 4.69) is 41.0 Å². The van der Waals surface area contributed by atoms with E-state index in [1.54, 1.807) is 0 Å². The molecule has 1 aliphatic heterocycles. The van der Waals surface area contributed by atoms with Crippen molar-refractivity contribution in [3.05, 3.63) is 34.7 Å². The Kier molecular flexibility index (Phi) is 1.43. The minimum atomic E-state index is 0.523. The molecule has 66 valence electrons. The van der Waals surface area contributed by atoms with Crippen molar-refractivity contribution < 1.29 is 0 Å². The summed E-state index contributed by atoms with van der Waals surface area (Å²) >= 11 is 0. The molecule has 0 saturated carbocycles. The molecule has 3 rings (SSSR count). The molecule has 1 saturated heterocycles. The molecular weight excluding hydrogens is 160 g/mol. The predicted molar refractivity (Wildman–Crippen MR) is 53.1 cm³/mol. The van der Waals surface area contributed by atoms with Crippen molar-refractivity contribution in [2.24, 2.45) is 0 Å².